The van der Waals surface area contributed by atoms with Gasteiger partial charge in [-0.2, -0.15) is 5.10 Å². The van der Waals surface area contributed by atoms with Crippen molar-refractivity contribution in [2.24, 2.45) is 5.10 Å². The van der Waals surface area contributed by atoms with E-state index in [-0.39, 0.29) is 5.75 Å². The highest BCUT2D eigenvalue weighted by atomic mass is 32.1. The molecule has 0 spiro atoms. The Morgan fingerprint density at radius 1 is 1.48 bits per heavy atom. The van der Waals surface area contributed by atoms with E-state index in [1.807, 2.05) is 6.07 Å². The zero-order chi connectivity index (χ0) is 15.1. The van der Waals surface area contributed by atoms with E-state index in [9.17, 15) is 4.39 Å². The zero-order valence-corrected chi connectivity index (χ0v) is 12.1. The monoisotopic (exact) mass is 307 g/mol. The van der Waals surface area contributed by atoms with Gasteiger partial charge in [0.25, 0.3) is 0 Å². The first-order valence-corrected chi connectivity index (χ1v) is 6.52. The number of benzene rings is 1. The SMILES string of the molecule is COc1ccc(/C=N\NC(=S)NCc2ccco2)cc1F. The molecule has 0 bridgehead atoms. The molecule has 0 amide bonds. The predicted molar refractivity (Wildman–Crippen MR) is 81.8 cm³/mol. The molecule has 0 fully saturated rings. The molecule has 7 heteroatoms. The van der Waals surface area contributed by atoms with Crippen molar-refractivity contribution in [1.29, 1.82) is 0 Å². The fourth-order valence-corrected chi connectivity index (χ4v) is 1.67. The van der Waals surface area contributed by atoms with Gasteiger partial charge in [-0.25, -0.2) is 4.39 Å². The quantitative estimate of drug-likeness (QED) is 0.505. The molecule has 0 aliphatic carbocycles. The van der Waals surface area contributed by atoms with Crippen molar-refractivity contribution >= 4 is 23.5 Å². The largest absolute Gasteiger partial charge is 0.494 e. The van der Waals surface area contributed by atoms with Gasteiger partial charge in [0.1, 0.15) is 5.76 Å². The molecule has 0 radical (unpaired) electrons. The lowest BCUT2D eigenvalue weighted by Crippen LogP contribution is -2.31. The maximum absolute atomic E-state index is 13.5. The molecular weight excluding hydrogens is 293 g/mol. The van der Waals surface area contributed by atoms with Gasteiger partial charge >= 0.3 is 0 Å². The lowest BCUT2D eigenvalue weighted by molar-refractivity contribution is 0.386. The Labute approximate surface area is 126 Å². The van der Waals surface area contributed by atoms with Gasteiger partial charge < -0.3 is 14.5 Å². The molecule has 0 atom stereocenters. The average molecular weight is 307 g/mol. The lowest BCUT2D eigenvalue weighted by atomic mass is 10.2. The van der Waals surface area contributed by atoms with Crippen LogP contribution in [0.5, 0.6) is 5.75 Å². The Morgan fingerprint density at radius 2 is 2.33 bits per heavy atom. The Hall–Kier alpha value is -2.41. The zero-order valence-electron chi connectivity index (χ0n) is 11.3. The van der Waals surface area contributed by atoms with Crippen LogP contribution in [-0.4, -0.2) is 18.4 Å². The number of methoxy groups -OCH3 is 1. The molecular formula is C14H14FN3O2S. The molecule has 0 saturated heterocycles. The van der Waals surface area contributed by atoms with E-state index in [1.54, 1.807) is 18.4 Å². The summed E-state index contributed by atoms with van der Waals surface area (Å²) in [7, 11) is 1.41. The third kappa shape index (κ3) is 4.57. The van der Waals surface area contributed by atoms with Crippen molar-refractivity contribution in [1.82, 2.24) is 10.7 Å². The van der Waals surface area contributed by atoms with Crippen LogP contribution in [0.4, 0.5) is 4.39 Å². The molecule has 0 aliphatic heterocycles. The summed E-state index contributed by atoms with van der Waals surface area (Å²) in [6, 6.07) is 8.17. The van der Waals surface area contributed by atoms with Crippen LogP contribution in [-0.2, 0) is 6.54 Å². The van der Waals surface area contributed by atoms with Crippen LogP contribution in [0, 0.1) is 5.82 Å². The van der Waals surface area contributed by atoms with Crippen LogP contribution in [0.3, 0.4) is 0 Å². The van der Waals surface area contributed by atoms with Gasteiger partial charge in [0.05, 0.1) is 26.1 Å². The standard InChI is InChI=1S/C14H14FN3O2S/c1-19-13-5-4-10(7-12(13)15)8-17-18-14(21)16-9-11-3-2-6-20-11/h2-8H,9H2,1H3,(H2,16,18,21)/b17-8-. The third-order valence-electron chi connectivity index (χ3n) is 2.56. The van der Waals surface area contributed by atoms with E-state index in [0.717, 1.165) is 5.76 Å². The van der Waals surface area contributed by atoms with Crippen molar-refractivity contribution in [2.45, 2.75) is 6.54 Å². The maximum atomic E-state index is 13.5. The minimum atomic E-state index is -0.444. The third-order valence-corrected chi connectivity index (χ3v) is 2.79. The highest BCUT2D eigenvalue weighted by Crippen LogP contribution is 2.16. The first-order valence-electron chi connectivity index (χ1n) is 6.12. The van der Waals surface area contributed by atoms with Gasteiger partial charge in [0.2, 0.25) is 0 Å². The molecule has 2 aromatic rings. The second kappa shape index (κ2) is 7.39. The number of thiocarbonyl (C=S) groups is 1. The molecule has 0 aliphatic rings. The van der Waals surface area contributed by atoms with Crippen molar-refractivity contribution in [3.63, 3.8) is 0 Å². The molecule has 0 saturated carbocycles. The van der Waals surface area contributed by atoms with Crippen LogP contribution < -0.4 is 15.5 Å². The average Bonchev–Trinajstić information content (AvgIpc) is 2.99. The topological polar surface area (TPSA) is 58.8 Å². The maximum Gasteiger partial charge on any atom is 0.187 e. The van der Waals surface area contributed by atoms with Crippen molar-refractivity contribution in [2.75, 3.05) is 7.11 Å². The second-order valence-corrected chi connectivity index (χ2v) is 4.43. The van der Waals surface area contributed by atoms with E-state index >= 15 is 0 Å². The summed E-state index contributed by atoms with van der Waals surface area (Å²) in [6.45, 7) is 0.464. The fraction of sp³-hybridized carbons (Fsp3) is 0.143. The first-order chi connectivity index (χ1) is 10.2. The van der Waals surface area contributed by atoms with E-state index in [1.165, 1.54) is 25.5 Å². The lowest BCUT2D eigenvalue weighted by Gasteiger charge is -2.05. The summed E-state index contributed by atoms with van der Waals surface area (Å²) >= 11 is 5.04. The molecule has 2 rings (SSSR count). The van der Waals surface area contributed by atoms with Crippen LogP contribution in [0.2, 0.25) is 0 Å². The molecule has 1 heterocycles. The van der Waals surface area contributed by atoms with Crippen LogP contribution >= 0.6 is 12.2 Å². The van der Waals surface area contributed by atoms with Crippen molar-refractivity contribution in [3.8, 4) is 5.75 Å². The molecule has 0 unspecified atom stereocenters. The fourth-order valence-electron chi connectivity index (χ4n) is 1.55. The van der Waals surface area contributed by atoms with E-state index in [2.05, 4.69) is 15.8 Å². The number of furan rings is 1. The normalized spacial score (nSPS) is 10.6. The van der Waals surface area contributed by atoms with Crippen LogP contribution in [0.25, 0.3) is 0 Å². The Morgan fingerprint density at radius 3 is 3.00 bits per heavy atom. The molecule has 1 aromatic carbocycles. The summed E-state index contributed by atoms with van der Waals surface area (Å²) in [4.78, 5) is 0. The summed E-state index contributed by atoms with van der Waals surface area (Å²) in [5, 5.41) is 7.19. The number of halogens is 1. The summed E-state index contributed by atoms with van der Waals surface area (Å²) in [6.07, 6.45) is 3.05. The van der Waals surface area contributed by atoms with E-state index < -0.39 is 5.82 Å². The number of hydrogen-bond acceptors (Lipinski definition) is 4. The van der Waals surface area contributed by atoms with Gasteiger partial charge in [-0.3, -0.25) is 5.43 Å². The Kier molecular flexibility index (Phi) is 5.28. The van der Waals surface area contributed by atoms with E-state index in [4.69, 9.17) is 21.4 Å². The Bertz CT molecular complexity index is 629. The molecule has 2 N–H and O–H groups in total. The summed E-state index contributed by atoms with van der Waals surface area (Å²) in [5.41, 5.74) is 3.23. The first kappa shape index (κ1) is 15.0. The van der Waals surface area contributed by atoms with Gasteiger partial charge in [0.15, 0.2) is 16.7 Å². The highest BCUT2D eigenvalue weighted by molar-refractivity contribution is 7.80. The number of nitrogens with one attached hydrogen (secondary N) is 2. The van der Waals surface area contributed by atoms with E-state index in [0.29, 0.717) is 17.2 Å². The predicted octanol–water partition coefficient (Wildman–Crippen LogP) is 2.43. The second-order valence-electron chi connectivity index (χ2n) is 4.03. The number of nitrogens with zero attached hydrogens (tertiary/aromatic N) is 1. The molecule has 1 aromatic heterocycles. The number of rotatable bonds is 5. The molecule has 5 nitrogen and oxygen atoms in total. The number of hydrogen-bond donors (Lipinski definition) is 2. The summed E-state index contributed by atoms with van der Waals surface area (Å²) in [5.74, 6) is 0.510. The molecule has 21 heavy (non-hydrogen) atoms. The van der Waals surface area contributed by atoms with Gasteiger partial charge in [-0.1, -0.05) is 0 Å². The minimum absolute atomic E-state index is 0.191. The van der Waals surface area contributed by atoms with Crippen molar-refractivity contribution in [3.05, 3.63) is 53.7 Å². The summed E-state index contributed by atoms with van der Waals surface area (Å²) < 4.78 is 23.4. The minimum Gasteiger partial charge on any atom is -0.494 e. The number of ether oxygens (including phenoxy) is 1. The molecule has 110 valence electrons. The van der Waals surface area contributed by atoms with Gasteiger partial charge in [0, 0.05) is 0 Å². The van der Waals surface area contributed by atoms with Crippen LogP contribution in [0.1, 0.15) is 11.3 Å². The van der Waals surface area contributed by atoms with Crippen molar-refractivity contribution < 1.29 is 13.5 Å². The Balaban J connectivity index is 1.81. The van der Waals surface area contributed by atoms with Crippen LogP contribution in [0.15, 0.2) is 46.1 Å². The smallest absolute Gasteiger partial charge is 0.187 e. The number of hydrazone groups is 1. The highest BCUT2D eigenvalue weighted by Gasteiger charge is 2.01. The van der Waals surface area contributed by atoms with Gasteiger partial charge in [-0.15, -0.1) is 0 Å². The van der Waals surface area contributed by atoms with Gasteiger partial charge in [-0.05, 0) is 48.1 Å².